The summed E-state index contributed by atoms with van der Waals surface area (Å²) >= 11 is 0. The van der Waals surface area contributed by atoms with Crippen LogP contribution in [0.2, 0.25) is 0 Å². The van der Waals surface area contributed by atoms with E-state index in [2.05, 4.69) is 12.2 Å². The van der Waals surface area contributed by atoms with E-state index in [0.717, 1.165) is 13.0 Å². The Balaban J connectivity index is 2.59. The summed E-state index contributed by atoms with van der Waals surface area (Å²) in [5.74, 6) is 0.572. The molecule has 2 N–H and O–H groups in total. The van der Waals surface area contributed by atoms with Crippen molar-refractivity contribution in [2.45, 2.75) is 26.3 Å². The maximum Gasteiger partial charge on any atom is 0.227 e. The maximum atomic E-state index is 12.0. The fraction of sp³-hybridized carbons (Fsp3) is 0.909. The van der Waals surface area contributed by atoms with E-state index >= 15 is 0 Å². The topological polar surface area (TPSA) is 52.6 Å². The quantitative estimate of drug-likeness (QED) is 0.696. The van der Waals surface area contributed by atoms with Crippen molar-refractivity contribution >= 4 is 5.91 Å². The molecule has 0 aromatic heterocycles. The van der Waals surface area contributed by atoms with Crippen molar-refractivity contribution in [3.8, 4) is 0 Å². The molecule has 1 rings (SSSR count). The zero-order valence-corrected chi connectivity index (χ0v) is 9.86. The van der Waals surface area contributed by atoms with Gasteiger partial charge in [-0.3, -0.25) is 4.79 Å². The van der Waals surface area contributed by atoms with Gasteiger partial charge < -0.3 is 15.3 Å². The summed E-state index contributed by atoms with van der Waals surface area (Å²) in [6.45, 7) is 5.59. The van der Waals surface area contributed by atoms with Crippen molar-refractivity contribution < 1.29 is 9.90 Å². The molecule has 1 fully saturated rings. The van der Waals surface area contributed by atoms with Crippen molar-refractivity contribution in [2.75, 3.05) is 26.7 Å². The normalized spacial score (nSPS) is 28.1. The highest BCUT2D eigenvalue weighted by atomic mass is 16.3. The third kappa shape index (κ3) is 2.69. The van der Waals surface area contributed by atoms with Gasteiger partial charge in [0.05, 0.1) is 12.6 Å². The van der Waals surface area contributed by atoms with E-state index in [9.17, 15) is 9.90 Å². The Hall–Kier alpha value is -0.610. The van der Waals surface area contributed by atoms with E-state index in [1.54, 1.807) is 0 Å². The zero-order chi connectivity index (χ0) is 11.4. The van der Waals surface area contributed by atoms with E-state index in [1.807, 2.05) is 18.9 Å². The predicted molar refractivity (Wildman–Crippen MR) is 59.5 cm³/mol. The molecule has 0 aromatic rings. The molecule has 3 unspecified atom stereocenters. The fourth-order valence-corrected chi connectivity index (χ4v) is 2.24. The van der Waals surface area contributed by atoms with Crippen LogP contribution in [0.5, 0.6) is 0 Å². The van der Waals surface area contributed by atoms with Crippen LogP contribution in [0.25, 0.3) is 0 Å². The molecule has 1 saturated heterocycles. The Morgan fingerprint density at radius 3 is 2.87 bits per heavy atom. The second-order valence-electron chi connectivity index (χ2n) is 4.51. The third-order valence-corrected chi connectivity index (χ3v) is 3.28. The number of nitrogens with zero attached hydrogens (tertiary/aromatic N) is 1. The fourth-order valence-electron chi connectivity index (χ4n) is 2.24. The van der Waals surface area contributed by atoms with E-state index in [1.165, 1.54) is 0 Å². The largest absolute Gasteiger partial charge is 0.394 e. The Labute approximate surface area is 91.6 Å². The summed E-state index contributed by atoms with van der Waals surface area (Å²) in [6, 6.07) is 0.0248. The number of likely N-dealkylation sites (tertiary alicyclic amines) is 1. The van der Waals surface area contributed by atoms with Crippen LogP contribution in [0.1, 0.15) is 20.3 Å². The van der Waals surface area contributed by atoms with Crippen molar-refractivity contribution in [1.29, 1.82) is 0 Å². The maximum absolute atomic E-state index is 12.0. The number of carbonyl (C=O) groups is 1. The number of carbonyl (C=O) groups excluding carboxylic acids is 1. The molecule has 4 nitrogen and oxygen atoms in total. The third-order valence-electron chi connectivity index (χ3n) is 3.28. The van der Waals surface area contributed by atoms with Crippen LogP contribution in [-0.2, 0) is 4.79 Å². The molecule has 0 saturated carbocycles. The van der Waals surface area contributed by atoms with Gasteiger partial charge in [0.15, 0.2) is 0 Å². The number of hydrogen-bond donors (Lipinski definition) is 2. The summed E-state index contributed by atoms with van der Waals surface area (Å²) in [4.78, 5) is 13.9. The smallest absolute Gasteiger partial charge is 0.227 e. The van der Waals surface area contributed by atoms with Gasteiger partial charge in [0.1, 0.15) is 0 Å². The summed E-state index contributed by atoms with van der Waals surface area (Å²) < 4.78 is 0. The van der Waals surface area contributed by atoms with Crippen LogP contribution < -0.4 is 5.32 Å². The minimum absolute atomic E-state index is 0.00523. The Kier molecular flexibility index (Phi) is 4.54. The van der Waals surface area contributed by atoms with Gasteiger partial charge >= 0.3 is 0 Å². The minimum atomic E-state index is -0.00523. The van der Waals surface area contributed by atoms with Gasteiger partial charge in [-0.05, 0) is 19.4 Å². The van der Waals surface area contributed by atoms with Crippen molar-refractivity contribution in [3.63, 3.8) is 0 Å². The highest BCUT2D eigenvalue weighted by Crippen LogP contribution is 2.24. The number of aliphatic hydroxyl groups is 1. The number of aliphatic hydroxyl groups excluding tert-OH is 1. The lowest BCUT2D eigenvalue weighted by Gasteiger charge is -2.27. The highest BCUT2D eigenvalue weighted by Gasteiger charge is 2.35. The van der Waals surface area contributed by atoms with Gasteiger partial charge in [0.2, 0.25) is 5.91 Å². The monoisotopic (exact) mass is 214 g/mol. The van der Waals surface area contributed by atoms with Crippen LogP contribution in [0.3, 0.4) is 0 Å². The second kappa shape index (κ2) is 5.47. The number of nitrogens with one attached hydrogen (secondary N) is 1. The summed E-state index contributed by atoms with van der Waals surface area (Å²) in [5, 5.41) is 12.3. The van der Waals surface area contributed by atoms with Gasteiger partial charge in [-0.25, -0.2) is 0 Å². The molecular formula is C11H22N2O2. The first-order valence-corrected chi connectivity index (χ1v) is 5.67. The van der Waals surface area contributed by atoms with E-state index in [0.29, 0.717) is 12.5 Å². The number of rotatable bonds is 4. The first-order valence-electron chi connectivity index (χ1n) is 5.67. The van der Waals surface area contributed by atoms with E-state index in [-0.39, 0.29) is 24.5 Å². The average molecular weight is 214 g/mol. The van der Waals surface area contributed by atoms with Crippen molar-refractivity contribution in [3.05, 3.63) is 0 Å². The molecule has 0 bridgehead atoms. The molecule has 0 spiro atoms. The molecule has 3 atom stereocenters. The Bertz CT molecular complexity index is 221. The molecular weight excluding hydrogens is 192 g/mol. The van der Waals surface area contributed by atoms with Crippen LogP contribution in [0.15, 0.2) is 0 Å². The second-order valence-corrected chi connectivity index (χ2v) is 4.51. The van der Waals surface area contributed by atoms with Gasteiger partial charge in [0, 0.05) is 19.0 Å². The van der Waals surface area contributed by atoms with Crippen molar-refractivity contribution in [2.24, 2.45) is 11.8 Å². The standard InChI is InChI=1S/C11H22N2O2/c1-8-4-5-13(10(8)7-14)11(15)9(2)6-12-3/h8-10,12,14H,4-7H2,1-3H3. The van der Waals surface area contributed by atoms with Gasteiger partial charge in [-0.2, -0.15) is 0 Å². The van der Waals surface area contributed by atoms with Crippen LogP contribution in [-0.4, -0.2) is 48.7 Å². The molecule has 1 aliphatic rings. The molecule has 4 heteroatoms. The first kappa shape index (κ1) is 12.5. The van der Waals surface area contributed by atoms with Crippen LogP contribution >= 0.6 is 0 Å². The van der Waals surface area contributed by atoms with Crippen LogP contribution in [0.4, 0.5) is 0 Å². The lowest BCUT2D eigenvalue weighted by Crippen LogP contribution is -2.44. The van der Waals surface area contributed by atoms with Gasteiger partial charge in [-0.15, -0.1) is 0 Å². The summed E-state index contributed by atoms with van der Waals surface area (Å²) in [5.41, 5.74) is 0. The highest BCUT2D eigenvalue weighted by molar-refractivity contribution is 5.79. The predicted octanol–water partition coefficient (Wildman–Crippen LogP) is 0.0712. The molecule has 15 heavy (non-hydrogen) atoms. The molecule has 1 amide bonds. The molecule has 0 aromatic carbocycles. The Morgan fingerprint density at radius 1 is 1.67 bits per heavy atom. The molecule has 0 radical (unpaired) electrons. The lowest BCUT2D eigenvalue weighted by molar-refractivity contribution is -0.136. The number of amides is 1. The van der Waals surface area contributed by atoms with Gasteiger partial charge in [0.25, 0.3) is 0 Å². The summed E-state index contributed by atoms with van der Waals surface area (Å²) in [6.07, 6.45) is 1.00. The minimum Gasteiger partial charge on any atom is -0.394 e. The molecule has 0 aliphatic carbocycles. The Morgan fingerprint density at radius 2 is 2.33 bits per heavy atom. The van der Waals surface area contributed by atoms with Crippen molar-refractivity contribution in [1.82, 2.24) is 10.2 Å². The van der Waals surface area contributed by atoms with E-state index < -0.39 is 0 Å². The number of hydrogen-bond acceptors (Lipinski definition) is 3. The first-order chi connectivity index (χ1) is 7.11. The zero-order valence-electron chi connectivity index (χ0n) is 9.86. The SMILES string of the molecule is CNCC(C)C(=O)N1CCC(C)C1CO. The van der Waals surface area contributed by atoms with Gasteiger partial charge in [-0.1, -0.05) is 13.8 Å². The molecule has 1 aliphatic heterocycles. The van der Waals surface area contributed by atoms with Crippen LogP contribution in [0, 0.1) is 11.8 Å². The van der Waals surface area contributed by atoms with E-state index in [4.69, 9.17) is 0 Å². The molecule has 88 valence electrons. The summed E-state index contributed by atoms with van der Waals surface area (Å²) in [7, 11) is 1.85. The lowest BCUT2D eigenvalue weighted by atomic mass is 10.0. The average Bonchev–Trinajstić information content (AvgIpc) is 2.58. The molecule has 1 heterocycles.